The number of hydrogen-bond acceptors (Lipinski definition) is 3. The summed E-state index contributed by atoms with van der Waals surface area (Å²) in [7, 11) is 1.93. The van der Waals surface area contributed by atoms with Crippen LogP contribution in [-0.4, -0.2) is 51.3 Å². The summed E-state index contributed by atoms with van der Waals surface area (Å²) in [6, 6.07) is 0.148. The lowest BCUT2D eigenvalue weighted by molar-refractivity contribution is -0.128. The Kier molecular flexibility index (Phi) is 4.51. The summed E-state index contributed by atoms with van der Waals surface area (Å²) in [6.45, 7) is 6.67. The average molecular weight is 333 g/mol. The quantitative estimate of drug-likeness (QED) is 0.845. The minimum atomic E-state index is -0.197. The van der Waals surface area contributed by atoms with Crippen molar-refractivity contribution in [2.75, 3.05) is 6.54 Å². The second kappa shape index (κ2) is 6.45. The number of aromatic nitrogens is 2. The van der Waals surface area contributed by atoms with Gasteiger partial charge in [-0.05, 0) is 45.6 Å². The van der Waals surface area contributed by atoms with Crippen LogP contribution < -0.4 is 10.6 Å². The number of urea groups is 1. The van der Waals surface area contributed by atoms with E-state index < -0.39 is 0 Å². The number of carbonyl (C=O) groups excluding carboxylic acids is 2. The highest BCUT2D eigenvalue weighted by Gasteiger charge is 2.39. The van der Waals surface area contributed by atoms with Crippen LogP contribution >= 0.6 is 0 Å². The molecular weight excluding hydrogens is 306 g/mol. The van der Waals surface area contributed by atoms with E-state index in [1.165, 1.54) is 5.56 Å². The maximum atomic E-state index is 12.2. The molecule has 0 unspecified atom stereocenters. The summed E-state index contributed by atoms with van der Waals surface area (Å²) in [5.74, 6) is 0.164. The molecule has 7 heteroatoms. The lowest BCUT2D eigenvalue weighted by Crippen LogP contribution is -2.47. The Morgan fingerprint density at radius 3 is 2.67 bits per heavy atom. The monoisotopic (exact) mass is 333 g/mol. The van der Waals surface area contributed by atoms with Crippen molar-refractivity contribution in [2.24, 2.45) is 7.05 Å². The Labute approximate surface area is 142 Å². The Bertz CT molecular complexity index is 650. The summed E-state index contributed by atoms with van der Waals surface area (Å²) >= 11 is 0. The molecule has 1 aromatic heterocycles. The van der Waals surface area contributed by atoms with Crippen LogP contribution in [0.2, 0.25) is 0 Å². The number of rotatable bonds is 5. The van der Waals surface area contributed by atoms with Gasteiger partial charge < -0.3 is 15.5 Å². The van der Waals surface area contributed by atoms with Crippen molar-refractivity contribution in [1.29, 1.82) is 0 Å². The van der Waals surface area contributed by atoms with Crippen molar-refractivity contribution in [3.8, 4) is 0 Å². The van der Waals surface area contributed by atoms with Gasteiger partial charge in [-0.2, -0.15) is 5.10 Å². The zero-order chi connectivity index (χ0) is 17.4. The van der Waals surface area contributed by atoms with E-state index in [9.17, 15) is 9.59 Å². The summed E-state index contributed by atoms with van der Waals surface area (Å²) < 4.78 is 1.87. The molecule has 132 valence electrons. The third-order valence-electron chi connectivity index (χ3n) is 5.03. The molecule has 2 N–H and O–H groups in total. The first-order valence-corrected chi connectivity index (χ1v) is 8.70. The first-order valence-electron chi connectivity index (χ1n) is 8.70. The Balaban J connectivity index is 1.48. The smallest absolute Gasteiger partial charge is 0.315 e. The van der Waals surface area contributed by atoms with Gasteiger partial charge >= 0.3 is 6.03 Å². The second-order valence-corrected chi connectivity index (χ2v) is 7.17. The van der Waals surface area contributed by atoms with Crippen molar-refractivity contribution >= 4 is 11.9 Å². The van der Waals surface area contributed by atoms with Gasteiger partial charge in [-0.3, -0.25) is 9.48 Å². The van der Waals surface area contributed by atoms with Crippen LogP contribution in [0.25, 0.3) is 0 Å². The molecule has 1 aliphatic carbocycles. The van der Waals surface area contributed by atoms with Gasteiger partial charge in [-0.15, -0.1) is 0 Å². The normalized spacial score (nSPS) is 21.9. The first kappa shape index (κ1) is 16.8. The molecule has 0 bridgehead atoms. The van der Waals surface area contributed by atoms with Gasteiger partial charge in [0.25, 0.3) is 0 Å². The predicted octanol–water partition coefficient (Wildman–Crippen LogP) is 1.03. The van der Waals surface area contributed by atoms with E-state index in [0.717, 1.165) is 30.7 Å². The largest absolute Gasteiger partial charge is 0.338 e. The van der Waals surface area contributed by atoms with Crippen molar-refractivity contribution in [3.63, 3.8) is 0 Å². The molecule has 2 atom stereocenters. The van der Waals surface area contributed by atoms with Gasteiger partial charge in [0.05, 0.1) is 11.7 Å². The molecule has 0 aromatic carbocycles. The van der Waals surface area contributed by atoms with E-state index in [2.05, 4.69) is 15.7 Å². The van der Waals surface area contributed by atoms with Crippen LogP contribution in [0.1, 0.15) is 43.1 Å². The number of likely N-dealkylation sites (tertiary alicyclic amines) is 1. The van der Waals surface area contributed by atoms with E-state index in [1.54, 1.807) is 0 Å². The van der Waals surface area contributed by atoms with Gasteiger partial charge in [-0.1, -0.05) is 0 Å². The van der Waals surface area contributed by atoms with Gasteiger partial charge in [0.1, 0.15) is 0 Å². The molecule has 0 radical (unpaired) electrons. The molecule has 3 rings (SSSR count). The lowest BCUT2D eigenvalue weighted by Gasteiger charge is -2.19. The highest BCUT2D eigenvalue weighted by molar-refractivity contribution is 5.82. The molecule has 2 aliphatic rings. The summed E-state index contributed by atoms with van der Waals surface area (Å²) in [5, 5.41) is 10.3. The number of aryl methyl sites for hydroxylation is 2. The summed E-state index contributed by atoms with van der Waals surface area (Å²) in [6.07, 6.45) is 3.37. The molecule has 1 aliphatic heterocycles. The molecule has 2 fully saturated rings. The zero-order valence-corrected chi connectivity index (χ0v) is 14.9. The van der Waals surface area contributed by atoms with Crippen LogP contribution in [0.15, 0.2) is 0 Å². The van der Waals surface area contributed by atoms with Crippen molar-refractivity contribution in [2.45, 2.75) is 64.6 Å². The first-order chi connectivity index (χ1) is 11.3. The van der Waals surface area contributed by atoms with Crippen LogP contribution in [0, 0.1) is 13.8 Å². The highest BCUT2D eigenvalue weighted by Crippen LogP contribution is 2.30. The third kappa shape index (κ3) is 3.55. The van der Waals surface area contributed by atoms with Gasteiger partial charge in [0, 0.05) is 37.8 Å². The molecule has 1 saturated carbocycles. The zero-order valence-electron chi connectivity index (χ0n) is 14.9. The molecule has 1 aromatic rings. The molecule has 3 amide bonds. The topological polar surface area (TPSA) is 79.3 Å². The van der Waals surface area contributed by atoms with E-state index >= 15 is 0 Å². The summed E-state index contributed by atoms with van der Waals surface area (Å²) in [4.78, 5) is 26.0. The highest BCUT2D eigenvalue weighted by atomic mass is 16.2. The summed E-state index contributed by atoms with van der Waals surface area (Å²) in [5.41, 5.74) is 3.31. The molecule has 2 heterocycles. The maximum absolute atomic E-state index is 12.2. The molecule has 0 spiro atoms. The number of nitrogens with one attached hydrogen (secondary N) is 2. The van der Waals surface area contributed by atoms with Crippen molar-refractivity contribution < 1.29 is 9.59 Å². The number of carbonyl (C=O) groups is 2. The SMILES string of the molecule is Cc1nn(C)c(C)c1C[C@H](C)NC(=O)N[C@H]1CC(=O)N(C2CC2)C1. The predicted molar refractivity (Wildman–Crippen MR) is 90.7 cm³/mol. The Morgan fingerprint density at radius 2 is 2.08 bits per heavy atom. The fourth-order valence-corrected chi connectivity index (χ4v) is 3.49. The van der Waals surface area contributed by atoms with E-state index in [-0.39, 0.29) is 24.0 Å². The standard InChI is InChI=1S/C17H27N5O2/c1-10(7-15-11(2)20-21(4)12(15)3)18-17(24)19-13-8-16(23)22(9-13)14-5-6-14/h10,13-14H,5-9H2,1-4H3,(H2,18,19,24)/t10-,13-/m0/s1. The second-order valence-electron chi connectivity index (χ2n) is 7.17. The maximum Gasteiger partial charge on any atom is 0.315 e. The fourth-order valence-electron chi connectivity index (χ4n) is 3.49. The third-order valence-corrected chi connectivity index (χ3v) is 5.03. The van der Waals surface area contributed by atoms with Gasteiger partial charge in [0.2, 0.25) is 5.91 Å². The minimum Gasteiger partial charge on any atom is -0.338 e. The van der Waals surface area contributed by atoms with Crippen LogP contribution in [0.5, 0.6) is 0 Å². The van der Waals surface area contributed by atoms with E-state index in [4.69, 9.17) is 0 Å². The molecule has 24 heavy (non-hydrogen) atoms. The van der Waals surface area contributed by atoms with E-state index in [0.29, 0.717) is 19.0 Å². The van der Waals surface area contributed by atoms with Crippen LogP contribution in [0.4, 0.5) is 4.79 Å². The van der Waals surface area contributed by atoms with Crippen LogP contribution in [-0.2, 0) is 18.3 Å². The number of amides is 3. The Morgan fingerprint density at radius 1 is 1.38 bits per heavy atom. The average Bonchev–Trinajstić information content (AvgIpc) is 3.23. The van der Waals surface area contributed by atoms with Gasteiger partial charge in [0.15, 0.2) is 0 Å². The number of nitrogens with zero attached hydrogens (tertiary/aromatic N) is 3. The van der Waals surface area contributed by atoms with Gasteiger partial charge in [-0.25, -0.2) is 4.79 Å². The lowest BCUT2D eigenvalue weighted by atomic mass is 10.1. The molecular formula is C17H27N5O2. The van der Waals surface area contributed by atoms with Crippen molar-refractivity contribution in [3.05, 3.63) is 17.0 Å². The van der Waals surface area contributed by atoms with Crippen LogP contribution in [0.3, 0.4) is 0 Å². The van der Waals surface area contributed by atoms with E-state index in [1.807, 2.05) is 37.4 Å². The number of hydrogen-bond donors (Lipinski definition) is 2. The minimum absolute atomic E-state index is 0.00300. The molecule has 1 saturated heterocycles. The molecule has 7 nitrogen and oxygen atoms in total. The van der Waals surface area contributed by atoms with Crippen molar-refractivity contribution in [1.82, 2.24) is 25.3 Å². The Hall–Kier alpha value is -2.05. The fraction of sp³-hybridized carbons (Fsp3) is 0.706.